The third-order valence-electron chi connectivity index (χ3n) is 3.07. The van der Waals surface area contributed by atoms with Gasteiger partial charge in [-0.25, -0.2) is 4.98 Å². The molecule has 90 valence electrons. The topological polar surface area (TPSA) is 43.3 Å². The average molecular weight is 237 g/mol. The molecule has 3 rings (SSSR count). The molecule has 3 nitrogen and oxygen atoms in total. The van der Waals surface area contributed by atoms with E-state index in [1.807, 2.05) is 24.5 Å². The monoisotopic (exact) mass is 237 g/mol. The lowest BCUT2D eigenvalue weighted by Crippen LogP contribution is -1.98. The van der Waals surface area contributed by atoms with E-state index < -0.39 is 0 Å². The number of fused-ring (bicyclic) bond motifs is 1. The lowest BCUT2D eigenvalue weighted by atomic mass is 10.1. The minimum Gasteiger partial charge on any atom is -0.398 e. The zero-order valence-corrected chi connectivity index (χ0v) is 10.3. The molecule has 2 N–H and O–H groups in total. The second-order valence-corrected chi connectivity index (χ2v) is 4.60. The summed E-state index contributed by atoms with van der Waals surface area (Å²) < 4.78 is 2.05. The van der Waals surface area contributed by atoms with Crippen LogP contribution in [0.25, 0.3) is 5.52 Å². The molecule has 0 fully saturated rings. The third-order valence-corrected chi connectivity index (χ3v) is 3.07. The number of hydrogen-bond donors (Lipinski definition) is 1. The van der Waals surface area contributed by atoms with Crippen LogP contribution in [0.2, 0.25) is 0 Å². The fraction of sp³-hybridized carbons (Fsp3) is 0.133. The summed E-state index contributed by atoms with van der Waals surface area (Å²) in [6.07, 6.45) is 4.62. The van der Waals surface area contributed by atoms with E-state index in [1.165, 1.54) is 11.1 Å². The van der Waals surface area contributed by atoms with Gasteiger partial charge in [0.25, 0.3) is 0 Å². The summed E-state index contributed by atoms with van der Waals surface area (Å²) in [4.78, 5) is 4.47. The van der Waals surface area contributed by atoms with E-state index >= 15 is 0 Å². The highest BCUT2D eigenvalue weighted by molar-refractivity contribution is 5.52. The van der Waals surface area contributed by atoms with Crippen LogP contribution in [0.4, 0.5) is 5.69 Å². The molecule has 0 aliphatic carbocycles. The Morgan fingerprint density at radius 3 is 2.94 bits per heavy atom. The molecule has 0 bridgehead atoms. The number of hydrogen-bond acceptors (Lipinski definition) is 2. The number of nitrogens with zero attached hydrogens (tertiary/aromatic N) is 2. The summed E-state index contributed by atoms with van der Waals surface area (Å²) in [6, 6.07) is 12.4. The van der Waals surface area contributed by atoms with Crippen LogP contribution < -0.4 is 5.73 Å². The van der Waals surface area contributed by atoms with Gasteiger partial charge in [0.1, 0.15) is 5.82 Å². The Balaban J connectivity index is 2.02. The molecule has 0 radical (unpaired) electrons. The Labute approximate surface area is 106 Å². The fourth-order valence-corrected chi connectivity index (χ4v) is 2.20. The fourth-order valence-electron chi connectivity index (χ4n) is 2.20. The van der Waals surface area contributed by atoms with E-state index in [0.29, 0.717) is 0 Å². The van der Waals surface area contributed by atoms with Gasteiger partial charge in [0, 0.05) is 18.3 Å². The van der Waals surface area contributed by atoms with Crippen molar-refractivity contribution in [2.24, 2.45) is 0 Å². The average Bonchev–Trinajstić information content (AvgIpc) is 2.72. The zero-order chi connectivity index (χ0) is 12.5. The highest BCUT2D eigenvalue weighted by Crippen LogP contribution is 2.14. The SMILES string of the molecule is Cc1cccc(Cc2ncc3ccc(N)cn23)c1. The molecule has 0 amide bonds. The molecular formula is C15H15N3. The van der Waals surface area contributed by atoms with Crippen molar-refractivity contribution in [3.63, 3.8) is 0 Å². The smallest absolute Gasteiger partial charge is 0.117 e. The number of nitrogen functional groups attached to an aromatic ring is 1. The van der Waals surface area contributed by atoms with Gasteiger partial charge < -0.3 is 10.1 Å². The standard InChI is InChI=1S/C15H15N3/c1-11-3-2-4-12(7-11)8-15-17-9-14-6-5-13(16)10-18(14)15/h2-7,9-10H,8,16H2,1H3. The van der Waals surface area contributed by atoms with Crippen molar-refractivity contribution in [3.05, 3.63) is 65.7 Å². The molecule has 3 heteroatoms. The highest BCUT2D eigenvalue weighted by Gasteiger charge is 2.05. The second-order valence-electron chi connectivity index (χ2n) is 4.60. The number of nitrogens with two attached hydrogens (primary N) is 1. The minimum atomic E-state index is 0.756. The molecular weight excluding hydrogens is 222 g/mol. The molecule has 0 saturated heterocycles. The number of rotatable bonds is 2. The van der Waals surface area contributed by atoms with Gasteiger partial charge in [-0.15, -0.1) is 0 Å². The van der Waals surface area contributed by atoms with Crippen molar-refractivity contribution in [2.75, 3.05) is 5.73 Å². The summed E-state index contributed by atoms with van der Waals surface area (Å²) in [5.74, 6) is 1.02. The first-order valence-corrected chi connectivity index (χ1v) is 5.99. The van der Waals surface area contributed by atoms with Gasteiger partial charge in [0.05, 0.1) is 11.7 Å². The molecule has 18 heavy (non-hydrogen) atoms. The van der Waals surface area contributed by atoms with E-state index in [2.05, 4.69) is 40.6 Å². The number of pyridine rings is 1. The number of benzene rings is 1. The van der Waals surface area contributed by atoms with Crippen molar-refractivity contribution in [3.8, 4) is 0 Å². The summed E-state index contributed by atoms with van der Waals surface area (Å²) in [5, 5.41) is 0. The zero-order valence-electron chi connectivity index (χ0n) is 10.3. The molecule has 0 saturated carbocycles. The Morgan fingerprint density at radius 1 is 1.22 bits per heavy atom. The molecule has 0 unspecified atom stereocenters. The van der Waals surface area contributed by atoms with E-state index in [1.54, 1.807) is 0 Å². The second kappa shape index (κ2) is 4.18. The maximum absolute atomic E-state index is 5.82. The van der Waals surface area contributed by atoms with Crippen LogP contribution in [-0.4, -0.2) is 9.38 Å². The van der Waals surface area contributed by atoms with Gasteiger partial charge in [-0.05, 0) is 24.6 Å². The van der Waals surface area contributed by atoms with Crippen LogP contribution >= 0.6 is 0 Å². The first kappa shape index (κ1) is 10.8. The van der Waals surface area contributed by atoms with Gasteiger partial charge in [0.15, 0.2) is 0 Å². The molecule has 0 spiro atoms. The third kappa shape index (κ3) is 1.95. The van der Waals surface area contributed by atoms with Crippen molar-refractivity contribution in [1.82, 2.24) is 9.38 Å². The van der Waals surface area contributed by atoms with Crippen LogP contribution in [0, 0.1) is 6.92 Å². The molecule has 1 aromatic carbocycles. The Hall–Kier alpha value is -2.29. The van der Waals surface area contributed by atoms with Crippen molar-refractivity contribution in [2.45, 2.75) is 13.3 Å². The van der Waals surface area contributed by atoms with Crippen LogP contribution in [0.15, 0.2) is 48.8 Å². The lowest BCUT2D eigenvalue weighted by molar-refractivity contribution is 0.961. The van der Waals surface area contributed by atoms with Crippen LogP contribution in [0.5, 0.6) is 0 Å². The van der Waals surface area contributed by atoms with Gasteiger partial charge in [0.2, 0.25) is 0 Å². The Kier molecular flexibility index (Phi) is 2.52. The first-order valence-electron chi connectivity index (χ1n) is 5.99. The predicted molar refractivity (Wildman–Crippen MR) is 73.6 cm³/mol. The quantitative estimate of drug-likeness (QED) is 0.744. The van der Waals surface area contributed by atoms with Crippen LogP contribution in [-0.2, 0) is 6.42 Å². The molecule has 0 aliphatic heterocycles. The van der Waals surface area contributed by atoms with Crippen LogP contribution in [0.3, 0.4) is 0 Å². The number of aryl methyl sites for hydroxylation is 1. The first-order chi connectivity index (χ1) is 8.72. The van der Waals surface area contributed by atoms with Gasteiger partial charge >= 0.3 is 0 Å². The molecule has 2 heterocycles. The summed E-state index contributed by atoms with van der Waals surface area (Å²) in [6.45, 7) is 2.10. The predicted octanol–water partition coefficient (Wildman–Crippen LogP) is 2.82. The van der Waals surface area contributed by atoms with Gasteiger partial charge in [-0.3, -0.25) is 0 Å². The molecule has 2 aromatic heterocycles. The Morgan fingerprint density at radius 2 is 2.11 bits per heavy atom. The molecule has 3 aromatic rings. The number of imidazole rings is 1. The van der Waals surface area contributed by atoms with Gasteiger partial charge in [-0.1, -0.05) is 29.8 Å². The Bertz CT molecular complexity index is 698. The lowest BCUT2D eigenvalue weighted by Gasteiger charge is -2.04. The van der Waals surface area contributed by atoms with Crippen LogP contribution in [0.1, 0.15) is 17.0 Å². The highest BCUT2D eigenvalue weighted by atomic mass is 15.0. The van der Waals surface area contributed by atoms with Crippen molar-refractivity contribution < 1.29 is 0 Å². The maximum atomic E-state index is 5.82. The number of anilines is 1. The normalized spacial score (nSPS) is 10.9. The van der Waals surface area contributed by atoms with E-state index in [4.69, 9.17) is 5.73 Å². The molecule has 0 aliphatic rings. The summed E-state index contributed by atoms with van der Waals surface area (Å²) in [5.41, 5.74) is 10.2. The van der Waals surface area contributed by atoms with Crippen molar-refractivity contribution >= 4 is 11.2 Å². The van der Waals surface area contributed by atoms with E-state index in [0.717, 1.165) is 23.4 Å². The minimum absolute atomic E-state index is 0.756. The van der Waals surface area contributed by atoms with Crippen molar-refractivity contribution in [1.29, 1.82) is 0 Å². The maximum Gasteiger partial charge on any atom is 0.117 e. The molecule has 0 atom stereocenters. The summed E-state index contributed by atoms with van der Waals surface area (Å²) in [7, 11) is 0. The summed E-state index contributed by atoms with van der Waals surface area (Å²) >= 11 is 0. The largest absolute Gasteiger partial charge is 0.398 e. The number of aromatic nitrogens is 2. The van der Waals surface area contributed by atoms with Gasteiger partial charge in [-0.2, -0.15) is 0 Å². The van der Waals surface area contributed by atoms with E-state index in [9.17, 15) is 0 Å². The van der Waals surface area contributed by atoms with E-state index in [-0.39, 0.29) is 0 Å².